The van der Waals surface area contributed by atoms with Crippen LogP contribution in [0.5, 0.6) is 0 Å². The molecule has 0 heterocycles. The van der Waals surface area contributed by atoms with Gasteiger partial charge in [-0.05, 0) is 18.6 Å². The molecule has 1 atom stereocenters. The van der Waals surface area contributed by atoms with E-state index in [2.05, 4.69) is 4.74 Å². The largest absolute Gasteiger partial charge is 0.464 e. The molecule has 0 aromatic heterocycles. The Kier molecular flexibility index (Phi) is 4.45. The molecule has 0 amide bonds. The standard InChI is InChI=1S/C16H14F2O2/c1-2-20-16(19)15(18)12-8-9-13(14(17)10-12)11-6-4-3-5-7-11/h3-10,15H,2H2,1H3. The molecule has 4 heteroatoms. The Morgan fingerprint density at radius 3 is 2.50 bits per heavy atom. The first kappa shape index (κ1) is 14.2. The lowest BCUT2D eigenvalue weighted by molar-refractivity contribution is -0.149. The molecule has 0 bridgehead atoms. The number of ether oxygens (including phenoxy) is 1. The van der Waals surface area contributed by atoms with Crippen molar-refractivity contribution in [2.24, 2.45) is 0 Å². The summed E-state index contributed by atoms with van der Waals surface area (Å²) in [5, 5.41) is 0. The van der Waals surface area contributed by atoms with Crippen LogP contribution in [-0.4, -0.2) is 12.6 Å². The molecule has 2 aromatic rings. The van der Waals surface area contributed by atoms with E-state index in [4.69, 9.17) is 0 Å². The molecule has 0 aliphatic rings. The molecule has 0 saturated heterocycles. The maximum atomic E-state index is 14.0. The lowest BCUT2D eigenvalue weighted by atomic mass is 10.0. The van der Waals surface area contributed by atoms with E-state index in [0.717, 1.165) is 6.07 Å². The van der Waals surface area contributed by atoms with Gasteiger partial charge in [0.25, 0.3) is 0 Å². The molecule has 0 fully saturated rings. The van der Waals surface area contributed by atoms with E-state index in [1.807, 2.05) is 6.07 Å². The summed E-state index contributed by atoms with van der Waals surface area (Å²) in [4.78, 5) is 11.3. The summed E-state index contributed by atoms with van der Waals surface area (Å²) >= 11 is 0. The Hall–Kier alpha value is -2.23. The Morgan fingerprint density at radius 2 is 1.90 bits per heavy atom. The van der Waals surface area contributed by atoms with Crippen LogP contribution in [0.2, 0.25) is 0 Å². The lowest BCUT2D eigenvalue weighted by Crippen LogP contribution is -2.12. The highest BCUT2D eigenvalue weighted by Crippen LogP contribution is 2.27. The highest BCUT2D eigenvalue weighted by molar-refractivity contribution is 5.77. The normalized spacial score (nSPS) is 11.9. The van der Waals surface area contributed by atoms with Crippen molar-refractivity contribution in [1.29, 1.82) is 0 Å². The molecule has 0 aliphatic heterocycles. The number of esters is 1. The van der Waals surface area contributed by atoms with Gasteiger partial charge in [0.05, 0.1) is 6.61 Å². The molecule has 0 radical (unpaired) electrons. The van der Waals surface area contributed by atoms with Crippen LogP contribution in [0.4, 0.5) is 8.78 Å². The third kappa shape index (κ3) is 3.02. The number of carbonyl (C=O) groups is 1. The molecule has 0 saturated carbocycles. The number of hydrogen-bond acceptors (Lipinski definition) is 2. The Morgan fingerprint density at radius 1 is 1.20 bits per heavy atom. The average molecular weight is 276 g/mol. The van der Waals surface area contributed by atoms with Crippen molar-refractivity contribution in [2.75, 3.05) is 6.61 Å². The number of halogens is 2. The number of hydrogen-bond donors (Lipinski definition) is 0. The summed E-state index contributed by atoms with van der Waals surface area (Å²) in [6.45, 7) is 1.67. The Labute approximate surface area is 116 Å². The van der Waals surface area contributed by atoms with E-state index in [0.29, 0.717) is 11.1 Å². The van der Waals surface area contributed by atoms with Crippen LogP contribution in [0.1, 0.15) is 18.7 Å². The third-order valence-electron chi connectivity index (χ3n) is 2.86. The molecule has 20 heavy (non-hydrogen) atoms. The molecular formula is C16H14F2O2. The number of alkyl halides is 1. The van der Waals surface area contributed by atoms with Crippen molar-refractivity contribution in [3.05, 3.63) is 59.9 Å². The third-order valence-corrected chi connectivity index (χ3v) is 2.86. The first-order valence-electron chi connectivity index (χ1n) is 6.29. The second kappa shape index (κ2) is 6.28. The van der Waals surface area contributed by atoms with E-state index >= 15 is 0 Å². The van der Waals surface area contributed by atoms with E-state index in [-0.39, 0.29) is 12.2 Å². The van der Waals surface area contributed by atoms with Crippen LogP contribution < -0.4 is 0 Å². The van der Waals surface area contributed by atoms with Gasteiger partial charge in [0.1, 0.15) is 5.82 Å². The van der Waals surface area contributed by atoms with Crippen LogP contribution in [-0.2, 0) is 9.53 Å². The predicted molar refractivity (Wildman–Crippen MR) is 72.3 cm³/mol. The van der Waals surface area contributed by atoms with Crippen molar-refractivity contribution in [2.45, 2.75) is 13.1 Å². The van der Waals surface area contributed by atoms with Crippen molar-refractivity contribution in [1.82, 2.24) is 0 Å². The molecule has 2 rings (SSSR count). The van der Waals surface area contributed by atoms with Gasteiger partial charge in [-0.3, -0.25) is 0 Å². The fourth-order valence-corrected chi connectivity index (χ4v) is 1.89. The quantitative estimate of drug-likeness (QED) is 0.787. The van der Waals surface area contributed by atoms with E-state index < -0.39 is 18.0 Å². The smallest absolute Gasteiger partial charge is 0.345 e. The van der Waals surface area contributed by atoms with Crippen LogP contribution in [0.15, 0.2) is 48.5 Å². The van der Waals surface area contributed by atoms with Gasteiger partial charge in [-0.1, -0.05) is 42.5 Å². The maximum absolute atomic E-state index is 14.0. The summed E-state index contributed by atoms with van der Waals surface area (Å²) in [5.74, 6) is -1.57. The zero-order valence-corrected chi connectivity index (χ0v) is 11.0. The van der Waals surface area contributed by atoms with Crippen LogP contribution in [0.25, 0.3) is 11.1 Å². The molecule has 1 unspecified atom stereocenters. The van der Waals surface area contributed by atoms with Gasteiger partial charge in [-0.15, -0.1) is 0 Å². The SMILES string of the molecule is CCOC(=O)C(F)c1ccc(-c2ccccc2)c(F)c1. The molecule has 104 valence electrons. The minimum Gasteiger partial charge on any atom is -0.464 e. The fraction of sp³-hybridized carbons (Fsp3) is 0.188. The van der Waals surface area contributed by atoms with Gasteiger partial charge in [0.15, 0.2) is 0 Å². The van der Waals surface area contributed by atoms with Crippen molar-refractivity contribution in [3.63, 3.8) is 0 Å². The van der Waals surface area contributed by atoms with Gasteiger partial charge in [0, 0.05) is 11.1 Å². The zero-order valence-electron chi connectivity index (χ0n) is 11.0. The maximum Gasteiger partial charge on any atom is 0.345 e. The highest BCUT2D eigenvalue weighted by atomic mass is 19.1. The number of rotatable bonds is 4. The van der Waals surface area contributed by atoms with Gasteiger partial charge < -0.3 is 4.74 Å². The van der Waals surface area contributed by atoms with Gasteiger partial charge in [-0.25, -0.2) is 13.6 Å². The molecule has 0 spiro atoms. The Balaban J connectivity index is 2.29. The zero-order chi connectivity index (χ0) is 14.5. The minimum absolute atomic E-state index is 0.0411. The van der Waals surface area contributed by atoms with E-state index in [1.54, 1.807) is 31.2 Å². The van der Waals surface area contributed by atoms with Gasteiger partial charge in [-0.2, -0.15) is 0 Å². The molecule has 2 nitrogen and oxygen atoms in total. The average Bonchev–Trinajstić information content (AvgIpc) is 2.47. The fourth-order valence-electron chi connectivity index (χ4n) is 1.89. The van der Waals surface area contributed by atoms with Crippen LogP contribution >= 0.6 is 0 Å². The van der Waals surface area contributed by atoms with E-state index in [1.165, 1.54) is 12.1 Å². The summed E-state index contributed by atoms with van der Waals surface area (Å²) in [6.07, 6.45) is -1.96. The second-order valence-corrected chi connectivity index (χ2v) is 4.22. The summed E-state index contributed by atoms with van der Waals surface area (Å²) in [6, 6.07) is 12.8. The summed E-state index contributed by atoms with van der Waals surface area (Å²) in [5.41, 5.74) is 1.02. The minimum atomic E-state index is -1.96. The van der Waals surface area contributed by atoms with Crippen LogP contribution in [0.3, 0.4) is 0 Å². The number of benzene rings is 2. The Bertz CT molecular complexity index is 597. The first-order valence-corrected chi connectivity index (χ1v) is 6.29. The number of carbonyl (C=O) groups excluding carboxylic acids is 1. The summed E-state index contributed by atoms with van der Waals surface area (Å²) in [7, 11) is 0. The topological polar surface area (TPSA) is 26.3 Å². The highest BCUT2D eigenvalue weighted by Gasteiger charge is 2.22. The lowest BCUT2D eigenvalue weighted by Gasteiger charge is -2.10. The van der Waals surface area contributed by atoms with Crippen molar-refractivity contribution >= 4 is 5.97 Å². The summed E-state index contributed by atoms with van der Waals surface area (Å²) < 4.78 is 32.4. The van der Waals surface area contributed by atoms with E-state index in [9.17, 15) is 13.6 Å². The monoisotopic (exact) mass is 276 g/mol. The van der Waals surface area contributed by atoms with Crippen molar-refractivity contribution < 1.29 is 18.3 Å². The van der Waals surface area contributed by atoms with Crippen molar-refractivity contribution in [3.8, 4) is 11.1 Å². The molecule has 2 aromatic carbocycles. The van der Waals surface area contributed by atoms with Gasteiger partial charge in [0.2, 0.25) is 6.17 Å². The molecule has 0 N–H and O–H groups in total. The van der Waals surface area contributed by atoms with Gasteiger partial charge >= 0.3 is 5.97 Å². The predicted octanol–water partition coefficient (Wildman–Crippen LogP) is 4.07. The second-order valence-electron chi connectivity index (χ2n) is 4.22. The first-order chi connectivity index (χ1) is 9.63. The molecular weight excluding hydrogens is 262 g/mol. The van der Waals surface area contributed by atoms with Crippen LogP contribution in [0, 0.1) is 5.82 Å². The molecule has 0 aliphatic carbocycles.